The lowest BCUT2D eigenvalue weighted by atomic mass is 10.1. The highest BCUT2D eigenvalue weighted by molar-refractivity contribution is 5.89. The van der Waals surface area contributed by atoms with Crippen LogP contribution in [0.2, 0.25) is 0 Å². The van der Waals surface area contributed by atoms with Gasteiger partial charge in [-0.3, -0.25) is 10.4 Å². The van der Waals surface area contributed by atoms with E-state index in [0.29, 0.717) is 24.4 Å². The van der Waals surface area contributed by atoms with Gasteiger partial charge in [0.15, 0.2) is 17.4 Å². The van der Waals surface area contributed by atoms with E-state index in [2.05, 4.69) is 25.7 Å². The van der Waals surface area contributed by atoms with Crippen molar-refractivity contribution >= 4 is 11.8 Å². The van der Waals surface area contributed by atoms with Gasteiger partial charge >= 0.3 is 6.03 Å². The van der Waals surface area contributed by atoms with Gasteiger partial charge in [-0.25, -0.2) is 14.2 Å². The Kier molecular flexibility index (Phi) is 4.11. The van der Waals surface area contributed by atoms with Gasteiger partial charge in [-0.05, 0) is 25.5 Å². The van der Waals surface area contributed by atoms with E-state index in [1.165, 1.54) is 12.1 Å². The zero-order valence-corrected chi connectivity index (χ0v) is 14.1. The number of hydrogen-bond acceptors (Lipinski definition) is 5. The van der Waals surface area contributed by atoms with E-state index < -0.39 is 0 Å². The van der Waals surface area contributed by atoms with Crippen LogP contribution < -0.4 is 5.32 Å². The molecule has 1 aliphatic rings. The second kappa shape index (κ2) is 6.58. The summed E-state index contributed by atoms with van der Waals surface area (Å²) in [7, 11) is 0. The number of nitrogens with one attached hydrogen (secondary N) is 2. The number of benzene rings is 1. The number of amides is 2. The van der Waals surface area contributed by atoms with Crippen LogP contribution in [0.15, 0.2) is 34.9 Å². The SMILES string of the molecule is Cc1nc(C2CCN(C(=O)Nc3cc(-c4cccc(F)c4)on3)C2)n[nH]1. The lowest BCUT2D eigenvalue weighted by molar-refractivity contribution is 0.221. The molecule has 0 aliphatic carbocycles. The maximum absolute atomic E-state index is 13.3. The van der Waals surface area contributed by atoms with E-state index >= 15 is 0 Å². The molecule has 0 bridgehead atoms. The molecule has 3 aromatic rings. The van der Waals surface area contributed by atoms with Crippen molar-refractivity contribution in [3.63, 3.8) is 0 Å². The van der Waals surface area contributed by atoms with Gasteiger partial charge in [-0.1, -0.05) is 17.3 Å². The molecular formula is C17H17FN6O2. The summed E-state index contributed by atoms with van der Waals surface area (Å²) in [5, 5.41) is 13.5. The number of carbonyl (C=O) groups is 1. The third-order valence-electron chi connectivity index (χ3n) is 4.31. The quantitative estimate of drug-likeness (QED) is 0.751. The number of H-pyrrole nitrogens is 1. The number of urea groups is 1. The van der Waals surface area contributed by atoms with Crippen molar-refractivity contribution in [1.82, 2.24) is 25.2 Å². The van der Waals surface area contributed by atoms with Gasteiger partial charge in [-0.15, -0.1) is 0 Å². The maximum atomic E-state index is 13.3. The lowest BCUT2D eigenvalue weighted by Crippen LogP contribution is -2.33. The molecule has 134 valence electrons. The fraction of sp³-hybridized carbons (Fsp3) is 0.294. The van der Waals surface area contributed by atoms with Crippen molar-refractivity contribution < 1.29 is 13.7 Å². The summed E-state index contributed by atoms with van der Waals surface area (Å²) in [5.74, 6) is 1.91. The normalized spacial score (nSPS) is 16.8. The number of carbonyl (C=O) groups excluding carboxylic acids is 1. The first-order chi connectivity index (χ1) is 12.6. The molecule has 1 aliphatic heterocycles. The molecule has 8 nitrogen and oxygen atoms in total. The number of halogens is 1. The van der Waals surface area contributed by atoms with Crippen LogP contribution in [0, 0.1) is 12.7 Å². The van der Waals surface area contributed by atoms with E-state index in [1.54, 1.807) is 23.1 Å². The summed E-state index contributed by atoms with van der Waals surface area (Å²) in [5.41, 5.74) is 0.555. The van der Waals surface area contributed by atoms with E-state index in [1.807, 2.05) is 6.92 Å². The monoisotopic (exact) mass is 356 g/mol. The predicted octanol–water partition coefficient (Wildman–Crippen LogP) is 2.93. The van der Waals surface area contributed by atoms with Gasteiger partial charge in [-0.2, -0.15) is 5.10 Å². The summed E-state index contributed by atoms with van der Waals surface area (Å²) in [6, 6.07) is 7.29. The highest BCUT2D eigenvalue weighted by Crippen LogP contribution is 2.26. The standard InChI is InChI=1S/C17H17FN6O2/c1-10-19-16(22-21-10)12-5-6-24(9-12)17(25)20-15-8-14(26-23-15)11-3-2-4-13(18)7-11/h2-4,7-8,12H,5-6,9H2,1H3,(H,19,21,22)(H,20,23,25). The van der Waals surface area contributed by atoms with Crippen LogP contribution >= 0.6 is 0 Å². The Morgan fingerprint density at radius 3 is 3.08 bits per heavy atom. The number of aromatic amines is 1. The van der Waals surface area contributed by atoms with E-state index in [9.17, 15) is 9.18 Å². The largest absolute Gasteiger partial charge is 0.354 e. The van der Waals surface area contributed by atoms with Gasteiger partial charge < -0.3 is 9.42 Å². The molecule has 0 radical (unpaired) electrons. The molecule has 2 aromatic heterocycles. The van der Waals surface area contributed by atoms with Crippen molar-refractivity contribution in [2.45, 2.75) is 19.3 Å². The second-order valence-corrected chi connectivity index (χ2v) is 6.23. The zero-order chi connectivity index (χ0) is 18.1. The summed E-state index contributed by atoms with van der Waals surface area (Å²) < 4.78 is 18.5. The number of hydrogen-bond donors (Lipinski definition) is 2. The molecule has 2 amide bonds. The first kappa shape index (κ1) is 16.2. The van der Waals surface area contributed by atoms with Crippen molar-refractivity contribution in [3.8, 4) is 11.3 Å². The Labute approximate surface area is 148 Å². The van der Waals surface area contributed by atoms with Crippen molar-refractivity contribution in [2.24, 2.45) is 0 Å². The fourth-order valence-corrected chi connectivity index (χ4v) is 3.00. The molecule has 1 saturated heterocycles. The highest BCUT2D eigenvalue weighted by Gasteiger charge is 2.30. The summed E-state index contributed by atoms with van der Waals surface area (Å²) >= 11 is 0. The molecule has 0 saturated carbocycles. The van der Waals surface area contributed by atoms with Crippen LogP contribution in [0.3, 0.4) is 0 Å². The Hall–Kier alpha value is -3.23. The van der Waals surface area contributed by atoms with E-state index in [0.717, 1.165) is 18.1 Å². The van der Waals surface area contributed by atoms with Crippen molar-refractivity contribution in [3.05, 3.63) is 47.8 Å². The third kappa shape index (κ3) is 3.28. The van der Waals surface area contributed by atoms with Gasteiger partial charge in [0.05, 0.1) is 0 Å². The molecule has 26 heavy (non-hydrogen) atoms. The van der Waals surface area contributed by atoms with Gasteiger partial charge in [0.25, 0.3) is 0 Å². The van der Waals surface area contributed by atoms with E-state index in [4.69, 9.17) is 4.52 Å². The number of aryl methyl sites for hydroxylation is 1. The van der Waals surface area contributed by atoms with E-state index in [-0.39, 0.29) is 23.6 Å². The summed E-state index contributed by atoms with van der Waals surface area (Å²) in [6.07, 6.45) is 0.804. The Morgan fingerprint density at radius 1 is 1.42 bits per heavy atom. The average molecular weight is 356 g/mol. The number of rotatable bonds is 3. The van der Waals surface area contributed by atoms with Crippen LogP contribution in [0.25, 0.3) is 11.3 Å². The zero-order valence-electron chi connectivity index (χ0n) is 14.1. The fourth-order valence-electron chi connectivity index (χ4n) is 3.00. The van der Waals surface area contributed by atoms with Crippen molar-refractivity contribution in [2.75, 3.05) is 18.4 Å². The molecule has 1 atom stereocenters. The number of likely N-dealkylation sites (tertiary alicyclic amines) is 1. The molecule has 1 unspecified atom stereocenters. The lowest BCUT2D eigenvalue weighted by Gasteiger charge is -2.15. The molecule has 0 spiro atoms. The molecule has 3 heterocycles. The molecule has 4 rings (SSSR count). The number of nitrogens with zero attached hydrogens (tertiary/aromatic N) is 4. The first-order valence-electron chi connectivity index (χ1n) is 8.26. The maximum Gasteiger partial charge on any atom is 0.323 e. The molecule has 1 aromatic carbocycles. The Morgan fingerprint density at radius 2 is 2.31 bits per heavy atom. The molecule has 9 heteroatoms. The topological polar surface area (TPSA) is 99.9 Å². The van der Waals surface area contributed by atoms with Crippen LogP contribution in [0.1, 0.15) is 24.0 Å². The first-order valence-corrected chi connectivity index (χ1v) is 8.26. The summed E-state index contributed by atoms with van der Waals surface area (Å²) in [4.78, 5) is 18.4. The molecule has 2 N–H and O–H groups in total. The van der Waals surface area contributed by atoms with Crippen LogP contribution in [-0.4, -0.2) is 44.4 Å². The third-order valence-corrected chi connectivity index (χ3v) is 4.31. The van der Waals surface area contributed by atoms with Gasteiger partial charge in [0.1, 0.15) is 11.6 Å². The Bertz CT molecular complexity index is 937. The minimum Gasteiger partial charge on any atom is -0.354 e. The minimum atomic E-state index is -0.366. The van der Waals surface area contributed by atoms with Crippen LogP contribution in [0.4, 0.5) is 15.0 Å². The smallest absolute Gasteiger partial charge is 0.323 e. The predicted molar refractivity (Wildman–Crippen MR) is 91.0 cm³/mol. The van der Waals surface area contributed by atoms with Crippen LogP contribution in [-0.2, 0) is 0 Å². The number of anilines is 1. The van der Waals surface area contributed by atoms with Gasteiger partial charge in [0.2, 0.25) is 0 Å². The highest BCUT2D eigenvalue weighted by atomic mass is 19.1. The minimum absolute atomic E-state index is 0.117. The average Bonchev–Trinajstić information content (AvgIpc) is 3.34. The molecular weight excluding hydrogens is 339 g/mol. The van der Waals surface area contributed by atoms with Crippen LogP contribution in [0.5, 0.6) is 0 Å². The Balaban J connectivity index is 1.40. The van der Waals surface area contributed by atoms with Gasteiger partial charge in [0, 0.05) is 30.6 Å². The second-order valence-electron chi connectivity index (χ2n) is 6.23. The molecule has 1 fully saturated rings. The number of aromatic nitrogens is 4. The van der Waals surface area contributed by atoms with Crippen molar-refractivity contribution in [1.29, 1.82) is 0 Å². The summed E-state index contributed by atoms with van der Waals surface area (Å²) in [6.45, 7) is 2.99.